The lowest BCUT2D eigenvalue weighted by Crippen LogP contribution is -2.33. The third kappa shape index (κ3) is 12.5. The fourth-order valence-corrected chi connectivity index (χ4v) is 11.9. The molecule has 2 aliphatic rings. The maximum Gasteiger partial charge on any atom is 0.247 e. The van der Waals surface area contributed by atoms with Crippen molar-refractivity contribution in [2.45, 2.75) is 50.4 Å². The number of carbonyl (C=O) groups is 2. The van der Waals surface area contributed by atoms with Crippen LogP contribution in [0.15, 0.2) is 73.8 Å². The topological polar surface area (TPSA) is 165 Å². The molecule has 0 saturated carbocycles. The van der Waals surface area contributed by atoms with Gasteiger partial charge in [0.25, 0.3) is 0 Å². The van der Waals surface area contributed by atoms with Crippen LogP contribution in [-0.2, 0) is 35.3 Å². The van der Waals surface area contributed by atoms with Gasteiger partial charge in [-0.05, 0) is 120 Å². The molecular weight excluding hydrogens is 1070 g/mol. The number of benzene rings is 4. The van der Waals surface area contributed by atoms with Gasteiger partial charge >= 0.3 is 0 Å². The standard InChI is InChI=1S/C58H68Cl4N10O6/c1-11-49(73)63-41-19-15-35(71(6)23-21-69(3)4)29-39(41)57-38-18-14-34(28-44(38)66-67-57)52-55(61)47(77-10)32-48(56(52)62)78-26-25-70(5)22-24-72(7)36-16-20-42(64-50(74)12-2)40(30-36)58-37-17-13-33(27-43(37)65-68-58)51-53(59)45(75-8)31-46(76-9)54(51)60/h11-12,15-16,19-20,29-34H,1-2,13-14,17-18,21-28H2,3-10H3,(H,63,73)(H,64,74)(H,65,68)(H,66,67)/t33-,34+/m1/s1. The van der Waals surface area contributed by atoms with Crippen LogP contribution in [0.25, 0.3) is 22.5 Å². The highest BCUT2D eigenvalue weighted by atomic mass is 35.5. The fourth-order valence-electron chi connectivity index (χ4n) is 10.3. The Labute approximate surface area is 476 Å². The average Bonchev–Trinajstić information content (AvgIpc) is 4.10. The van der Waals surface area contributed by atoms with Crippen molar-refractivity contribution < 1.29 is 28.5 Å². The van der Waals surface area contributed by atoms with Gasteiger partial charge in [-0.3, -0.25) is 19.8 Å². The van der Waals surface area contributed by atoms with Crippen molar-refractivity contribution in [1.29, 1.82) is 0 Å². The molecule has 0 radical (unpaired) electrons. The number of methoxy groups -OCH3 is 3. The number of anilines is 4. The lowest BCUT2D eigenvalue weighted by atomic mass is 9.81. The monoisotopic (exact) mass is 1140 g/mol. The molecule has 0 spiro atoms. The molecule has 0 bridgehead atoms. The van der Waals surface area contributed by atoms with Gasteiger partial charge in [-0.1, -0.05) is 59.6 Å². The summed E-state index contributed by atoms with van der Waals surface area (Å²) in [6, 6.07) is 15.4. The van der Waals surface area contributed by atoms with Crippen LogP contribution in [0.5, 0.6) is 23.0 Å². The Balaban J connectivity index is 0.932. The number of H-pyrrole nitrogens is 2. The first-order valence-corrected chi connectivity index (χ1v) is 27.3. The Hall–Kier alpha value is -6.40. The Bertz CT molecular complexity index is 3170. The van der Waals surface area contributed by atoms with Crippen molar-refractivity contribution in [1.82, 2.24) is 30.2 Å². The second-order valence-corrected chi connectivity index (χ2v) is 21.5. The first-order chi connectivity index (χ1) is 37.5. The maximum atomic E-state index is 12.7. The predicted molar refractivity (Wildman–Crippen MR) is 316 cm³/mol. The highest BCUT2D eigenvalue weighted by molar-refractivity contribution is 6.38. The van der Waals surface area contributed by atoms with Crippen molar-refractivity contribution in [3.63, 3.8) is 0 Å². The summed E-state index contributed by atoms with van der Waals surface area (Å²) in [6.07, 6.45) is 6.61. The van der Waals surface area contributed by atoms with E-state index in [1.165, 1.54) is 12.2 Å². The summed E-state index contributed by atoms with van der Waals surface area (Å²) in [7, 11) is 15.0. The van der Waals surface area contributed by atoms with Gasteiger partial charge in [0, 0.05) is 115 Å². The molecule has 16 nitrogen and oxygen atoms in total. The number of nitrogens with zero attached hydrogens (tertiary/aromatic N) is 6. The number of carbonyl (C=O) groups excluding carboxylic acids is 2. The van der Waals surface area contributed by atoms with E-state index in [0.29, 0.717) is 106 Å². The number of ether oxygens (including phenoxy) is 4. The molecule has 8 rings (SSSR count). The number of hydrogen-bond acceptors (Lipinski definition) is 12. The number of nitrogens with one attached hydrogen (secondary N) is 4. The molecule has 414 valence electrons. The van der Waals surface area contributed by atoms with E-state index < -0.39 is 0 Å². The van der Waals surface area contributed by atoms with Gasteiger partial charge in [-0.15, -0.1) is 0 Å². The Morgan fingerprint density at radius 3 is 1.46 bits per heavy atom. The summed E-state index contributed by atoms with van der Waals surface area (Å²) in [4.78, 5) is 34.0. The molecule has 2 amide bonds. The van der Waals surface area contributed by atoms with Crippen molar-refractivity contribution in [3.8, 4) is 45.5 Å². The SMILES string of the molecule is C=CC(=O)Nc1ccc(N(C)CCN(C)CCOc2cc(OC)c(Cl)c([C@H]3CCc4c(-c5cc(N(C)CCN(C)C)ccc5NC(=O)C=C)n[nH]c4C3)c2Cl)cc1-c1n[nH]c2c1CC[C@@H](c1c(Cl)c(OC)cc(OC)c1Cl)C2. The minimum atomic E-state index is -0.322. The number of aromatic amines is 2. The van der Waals surface area contributed by atoms with E-state index in [1.54, 1.807) is 33.5 Å². The second kappa shape index (κ2) is 25.6. The molecule has 2 heterocycles. The van der Waals surface area contributed by atoms with Crippen molar-refractivity contribution in [2.75, 3.05) is 116 Å². The molecule has 2 aliphatic carbocycles. The molecule has 0 unspecified atom stereocenters. The number of amides is 2. The summed E-state index contributed by atoms with van der Waals surface area (Å²) in [6.45, 7) is 11.4. The highest BCUT2D eigenvalue weighted by Crippen LogP contribution is 2.50. The normalized spacial score (nSPS) is 14.8. The third-order valence-corrected chi connectivity index (χ3v) is 16.4. The molecule has 2 atom stereocenters. The van der Waals surface area contributed by atoms with Crippen molar-refractivity contribution in [3.05, 3.63) is 128 Å². The minimum Gasteiger partial charge on any atom is -0.495 e. The molecule has 6 aromatic rings. The molecule has 0 saturated heterocycles. The fraction of sp³-hybridized carbons (Fsp3) is 0.379. The molecule has 4 aromatic carbocycles. The zero-order chi connectivity index (χ0) is 55.9. The Morgan fingerprint density at radius 1 is 0.615 bits per heavy atom. The molecule has 2 aromatic heterocycles. The number of fused-ring (bicyclic) bond motifs is 2. The summed E-state index contributed by atoms with van der Waals surface area (Å²) < 4.78 is 23.3. The number of likely N-dealkylation sites (N-methyl/N-ethyl adjacent to an activating group) is 4. The molecule has 0 aliphatic heterocycles. The van der Waals surface area contributed by atoms with Gasteiger partial charge in [-0.2, -0.15) is 10.2 Å². The summed E-state index contributed by atoms with van der Waals surface area (Å²) in [5.41, 5.74) is 12.0. The lowest BCUT2D eigenvalue weighted by molar-refractivity contribution is -0.112. The minimum absolute atomic E-state index is 0.0145. The van der Waals surface area contributed by atoms with E-state index in [-0.39, 0.29) is 23.7 Å². The zero-order valence-corrected chi connectivity index (χ0v) is 48.5. The number of rotatable bonds is 23. The second-order valence-electron chi connectivity index (χ2n) is 20.0. The lowest BCUT2D eigenvalue weighted by Gasteiger charge is -2.27. The summed E-state index contributed by atoms with van der Waals surface area (Å²) in [5, 5.41) is 24.1. The van der Waals surface area contributed by atoms with Crippen LogP contribution < -0.4 is 39.4 Å². The molecule has 4 N–H and O–H groups in total. The molecule has 0 fully saturated rings. The van der Waals surface area contributed by atoms with Crippen LogP contribution in [0.2, 0.25) is 20.1 Å². The largest absolute Gasteiger partial charge is 0.495 e. The van der Waals surface area contributed by atoms with Crippen LogP contribution in [0.3, 0.4) is 0 Å². The van der Waals surface area contributed by atoms with Gasteiger partial charge in [0.2, 0.25) is 11.8 Å². The van der Waals surface area contributed by atoms with E-state index in [2.05, 4.69) is 86.9 Å². The molecule has 20 heteroatoms. The van der Waals surface area contributed by atoms with Crippen LogP contribution in [0, 0.1) is 0 Å². The Morgan fingerprint density at radius 2 is 1.04 bits per heavy atom. The Kier molecular flexibility index (Phi) is 19.0. The predicted octanol–water partition coefficient (Wildman–Crippen LogP) is 11.3. The molecular formula is C58H68Cl4N10O6. The van der Waals surface area contributed by atoms with Crippen molar-refractivity contribution in [2.24, 2.45) is 0 Å². The third-order valence-electron chi connectivity index (χ3n) is 14.8. The van der Waals surface area contributed by atoms with E-state index in [4.69, 9.17) is 75.5 Å². The first kappa shape index (κ1) is 57.8. The number of halogens is 4. The number of aromatic nitrogens is 4. The molecule has 78 heavy (non-hydrogen) atoms. The van der Waals surface area contributed by atoms with E-state index in [9.17, 15) is 9.59 Å². The zero-order valence-electron chi connectivity index (χ0n) is 45.5. The van der Waals surface area contributed by atoms with Crippen LogP contribution in [0.4, 0.5) is 22.7 Å². The summed E-state index contributed by atoms with van der Waals surface area (Å²) in [5.74, 6) is 1.28. The smallest absolute Gasteiger partial charge is 0.247 e. The van der Waals surface area contributed by atoms with Crippen LogP contribution >= 0.6 is 46.4 Å². The summed E-state index contributed by atoms with van der Waals surface area (Å²) >= 11 is 28.1. The van der Waals surface area contributed by atoms with Gasteiger partial charge in [0.15, 0.2) is 0 Å². The van der Waals surface area contributed by atoms with E-state index in [0.717, 1.165) is 93.5 Å². The first-order valence-electron chi connectivity index (χ1n) is 25.8. The van der Waals surface area contributed by atoms with E-state index in [1.807, 2.05) is 38.4 Å². The number of hydrogen-bond donors (Lipinski definition) is 4. The van der Waals surface area contributed by atoms with Gasteiger partial charge in [0.1, 0.15) is 29.6 Å². The highest BCUT2D eigenvalue weighted by Gasteiger charge is 2.33. The van der Waals surface area contributed by atoms with Gasteiger partial charge < -0.3 is 49.2 Å². The van der Waals surface area contributed by atoms with Crippen LogP contribution in [0.1, 0.15) is 58.3 Å². The van der Waals surface area contributed by atoms with Gasteiger partial charge in [-0.25, -0.2) is 0 Å². The quantitative estimate of drug-likeness (QED) is 0.0450. The maximum absolute atomic E-state index is 12.7. The van der Waals surface area contributed by atoms with Crippen LogP contribution in [-0.4, -0.2) is 138 Å². The van der Waals surface area contributed by atoms with Crippen molar-refractivity contribution >= 4 is 81.0 Å². The van der Waals surface area contributed by atoms with Gasteiger partial charge in [0.05, 0.1) is 64.2 Å². The van der Waals surface area contributed by atoms with E-state index >= 15 is 0 Å². The average molecular weight is 1140 g/mol.